The maximum atomic E-state index is 12.2. The first kappa shape index (κ1) is 23.5. The molecule has 0 atom stereocenters. The number of morpholine rings is 1. The van der Waals surface area contributed by atoms with Crippen LogP contribution < -0.4 is 10.1 Å². The first-order chi connectivity index (χ1) is 15.5. The average Bonchev–Trinajstić information content (AvgIpc) is 3.11. The van der Waals surface area contributed by atoms with Gasteiger partial charge in [0.2, 0.25) is 0 Å². The number of carbonyl (C=O) groups excluding carboxylic acids is 1. The van der Waals surface area contributed by atoms with Crippen molar-refractivity contribution in [2.45, 2.75) is 6.42 Å². The van der Waals surface area contributed by atoms with Crippen molar-refractivity contribution in [1.29, 1.82) is 0 Å². The van der Waals surface area contributed by atoms with Crippen molar-refractivity contribution in [2.75, 3.05) is 39.5 Å². The third kappa shape index (κ3) is 6.04. The molecule has 1 amide bonds. The van der Waals surface area contributed by atoms with Crippen LogP contribution in [0.3, 0.4) is 0 Å². The zero-order valence-electron chi connectivity index (χ0n) is 17.2. The number of rotatable bonds is 7. The van der Waals surface area contributed by atoms with Gasteiger partial charge in [0.1, 0.15) is 10.1 Å². The second-order valence-corrected chi connectivity index (χ2v) is 9.92. The summed E-state index contributed by atoms with van der Waals surface area (Å²) in [6.45, 7) is 5.04. The second kappa shape index (κ2) is 11.0. The smallest absolute Gasteiger partial charge is 0.263 e. The highest BCUT2D eigenvalue weighted by atomic mass is 35.5. The Morgan fingerprint density at radius 2 is 1.88 bits per heavy atom. The van der Waals surface area contributed by atoms with Crippen molar-refractivity contribution < 1.29 is 14.3 Å². The Kier molecular flexibility index (Phi) is 8.10. The van der Waals surface area contributed by atoms with Crippen molar-refractivity contribution in [1.82, 2.24) is 10.2 Å². The standard InChI is InChI=1S/C23H22Cl2N2O3S2/c24-18-4-2-16(13-19(18)25)15-3-5-20(30-9-1-6-27-7-10-29-11-8-27)17(12-15)14-21-22(28)26-23(31)32-21/h2-5,12-14H,1,6-11H2,(H,26,28,31). The molecule has 0 aromatic heterocycles. The van der Waals surface area contributed by atoms with E-state index in [1.165, 1.54) is 11.8 Å². The van der Waals surface area contributed by atoms with Crippen LogP contribution in [0.5, 0.6) is 5.75 Å². The third-order valence-corrected chi connectivity index (χ3v) is 7.07. The van der Waals surface area contributed by atoms with Crippen LogP contribution in [0.25, 0.3) is 17.2 Å². The number of nitrogens with zero attached hydrogens (tertiary/aromatic N) is 1. The molecule has 9 heteroatoms. The van der Waals surface area contributed by atoms with Crippen LogP contribution in [0.2, 0.25) is 10.0 Å². The Hall–Kier alpha value is -1.61. The number of hydrogen-bond acceptors (Lipinski definition) is 6. The number of carbonyl (C=O) groups is 1. The molecule has 0 radical (unpaired) electrons. The minimum absolute atomic E-state index is 0.196. The molecule has 0 bridgehead atoms. The van der Waals surface area contributed by atoms with Gasteiger partial charge in [0.15, 0.2) is 0 Å². The molecule has 32 heavy (non-hydrogen) atoms. The highest BCUT2D eigenvalue weighted by molar-refractivity contribution is 8.26. The van der Waals surface area contributed by atoms with Gasteiger partial charge in [0.25, 0.3) is 5.91 Å². The molecule has 2 aromatic rings. The Balaban J connectivity index is 1.54. The van der Waals surface area contributed by atoms with Gasteiger partial charge in [-0.25, -0.2) is 0 Å². The van der Waals surface area contributed by atoms with E-state index >= 15 is 0 Å². The fraction of sp³-hybridized carbons (Fsp3) is 0.304. The van der Waals surface area contributed by atoms with Crippen molar-refractivity contribution in [3.63, 3.8) is 0 Å². The van der Waals surface area contributed by atoms with Gasteiger partial charge < -0.3 is 14.8 Å². The maximum absolute atomic E-state index is 12.2. The van der Waals surface area contributed by atoms with E-state index in [0.717, 1.165) is 61.7 Å². The highest BCUT2D eigenvalue weighted by Gasteiger charge is 2.23. The molecule has 2 aliphatic rings. The molecule has 5 nitrogen and oxygen atoms in total. The molecule has 1 N–H and O–H groups in total. The van der Waals surface area contributed by atoms with E-state index in [4.69, 9.17) is 44.9 Å². The molecule has 168 valence electrons. The molecule has 0 unspecified atom stereocenters. The lowest BCUT2D eigenvalue weighted by atomic mass is 10.0. The van der Waals surface area contributed by atoms with Gasteiger partial charge in [0, 0.05) is 25.2 Å². The normalized spacial score (nSPS) is 18.2. The summed E-state index contributed by atoms with van der Waals surface area (Å²) in [6.07, 6.45) is 2.72. The molecule has 2 aliphatic heterocycles. The van der Waals surface area contributed by atoms with Gasteiger partial charge in [-0.2, -0.15) is 0 Å². The number of ether oxygens (including phenoxy) is 2. The summed E-state index contributed by atoms with van der Waals surface area (Å²) in [5.74, 6) is 0.521. The Bertz CT molecular complexity index is 1060. The van der Waals surface area contributed by atoms with Crippen LogP contribution in [-0.4, -0.2) is 54.6 Å². The van der Waals surface area contributed by atoms with Crippen LogP contribution >= 0.6 is 47.2 Å². The lowest BCUT2D eigenvalue weighted by molar-refractivity contribution is -0.115. The van der Waals surface area contributed by atoms with E-state index in [1.54, 1.807) is 6.07 Å². The van der Waals surface area contributed by atoms with E-state index in [9.17, 15) is 4.79 Å². The first-order valence-electron chi connectivity index (χ1n) is 10.3. The molecule has 0 spiro atoms. The predicted octanol–water partition coefficient (Wildman–Crippen LogP) is 5.25. The molecule has 2 aromatic carbocycles. The maximum Gasteiger partial charge on any atom is 0.263 e. The van der Waals surface area contributed by atoms with Crippen LogP contribution in [0.4, 0.5) is 0 Å². The van der Waals surface area contributed by atoms with Crippen molar-refractivity contribution in [3.05, 3.63) is 56.9 Å². The van der Waals surface area contributed by atoms with Gasteiger partial charge in [-0.15, -0.1) is 0 Å². The first-order valence-corrected chi connectivity index (χ1v) is 12.2. The molecule has 2 fully saturated rings. The molecule has 2 heterocycles. The topological polar surface area (TPSA) is 50.8 Å². The number of amides is 1. The molecule has 0 aliphatic carbocycles. The van der Waals surface area contributed by atoms with Gasteiger partial charge in [-0.1, -0.05) is 59.3 Å². The fourth-order valence-corrected chi connectivity index (χ4v) is 4.84. The van der Waals surface area contributed by atoms with Crippen LogP contribution in [-0.2, 0) is 9.53 Å². The SMILES string of the molecule is O=C1NC(=S)SC1=Cc1cc(-c2ccc(Cl)c(Cl)c2)ccc1OCCCN1CCOCC1. The predicted molar refractivity (Wildman–Crippen MR) is 136 cm³/mol. The third-order valence-electron chi connectivity index (χ3n) is 5.17. The van der Waals surface area contributed by atoms with E-state index < -0.39 is 0 Å². The second-order valence-electron chi connectivity index (χ2n) is 7.39. The summed E-state index contributed by atoms with van der Waals surface area (Å²) in [4.78, 5) is 15.1. The van der Waals surface area contributed by atoms with Crippen LogP contribution in [0.1, 0.15) is 12.0 Å². The quantitative estimate of drug-likeness (QED) is 0.313. The summed E-state index contributed by atoms with van der Waals surface area (Å²) < 4.78 is 12.0. The minimum Gasteiger partial charge on any atom is -0.493 e. The highest BCUT2D eigenvalue weighted by Crippen LogP contribution is 2.34. The number of halogens is 2. The molecular weight excluding hydrogens is 487 g/mol. The number of thiocarbonyl (C=S) groups is 1. The summed E-state index contributed by atoms with van der Waals surface area (Å²) in [5, 5.41) is 3.65. The number of thioether (sulfide) groups is 1. The lowest BCUT2D eigenvalue weighted by Gasteiger charge is -2.26. The van der Waals surface area contributed by atoms with E-state index in [1.807, 2.05) is 36.4 Å². The summed E-state index contributed by atoms with van der Waals surface area (Å²) >= 11 is 18.6. The molecule has 0 saturated carbocycles. The van der Waals surface area contributed by atoms with Gasteiger partial charge >= 0.3 is 0 Å². The zero-order chi connectivity index (χ0) is 22.5. The zero-order valence-corrected chi connectivity index (χ0v) is 20.4. The number of benzene rings is 2. The Morgan fingerprint density at radius 3 is 2.59 bits per heavy atom. The summed E-state index contributed by atoms with van der Waals surface area (Å²) in [5.41, 5.74) is 2.68. The molecule has 2 saturated heterocycles. The van der Waals surface area contributed by atoms with Crippen molar-refractivity contribution in [2.24, 2.45) is 0 Å². The number of hydrogen-bond donors (Lipinski definition) is 1. The Morgan fingerprint density at radius 1 is 1.12 bits per heavy atom. The van der Waals surface area contributed by atoms with Crippen LogP contribution in [0, 0.1) is 0 Å². The van der Waals surface area contributed by atoms with E-state index in [2.05, 4.69) is 10.2 Å². The van der Waals surface area contributed by atoms with Gasteiger partial charge in [-0.3, -0.25) is 9.69 Å². The fourth-order valence-electron chi connectivity index (χ4n) is 3.51. The van der Waals surface area contributed by atoms with E-state index in [-0.39, 0.29) is 5.91 Å². The van der Waals surface area contributed by atoms with Gasteiger partial charge in [0.05, 0.1) is 34.8 Å². The average molecular weight is 509 g/mol. The summed E-state index contributed by atoms with van der Waals surface area (Å²) in [7, 11) is 0. The Labute approximate surface area is 207 Å². The van der Waals surface area contributed by atoms with Crippen molar-refractivity contribution >= 4 is 63.5 Å². The molecule has 4 rings (SSSR count). The van der Waals surface area contributed by atoms with Crippen LogP contribution in [0.15, 0.2) is 41.3 Å². The molecular formula is C23H22Cl2N2O3S2. The minimum atomic E-state index is -0.196. The largest absolute Gasteiger partial charge is 0.493 e. The van der Waals surface area contributed by atoms with E-state index in [0.29, 0.717) is 25.9 Å². The van der Waals surface area contributed by atoms with Crippen molar-refractivity contribution in [3.8, 4) is 16.9 Å². The lowest BCUT2D eigenvalue weighted by Crippen LogP contribution is -2.37. The number of nitrogens with one attached hydrogen (secondary N) is 1. The van der Waals surface area contributed by atoms with Gasteiger partial charge in [-0.05, 0) is 47.9 Å². The monoisotopic (exact) mass is 508 g/mol. The summed E-state index contributed by atoms with van der Waals surface area (Å²) in [6, 6.07) is 11.4.